The molecule has 1 fully saturated rings. The molecule has 0 spiro atoms. The maximum Gasteiger partial charge on any atom is 0.231 e. The average Bonchev–Trinajstić information content (AvgIpc) is 3.38. The van der Waals surface area contributed by atoms with E-state index in [1.807, 2.05) is 42.6 Å². The number of piperidine rings is 1. The normalized spacial score (nSPS) is 20.9. The predicted octanol–water partition coefficient (Wildman–Crippen LogP) is 3.21. The molecule has 2 aromatic carbocycles. The zero-order valence-corrected chi connectivity index (χ0v) is 16.1. The van der Waals surface area contributed by atoms with Crippen molar-refractivity contribution in [1.29, 1.82) is 0 Å². The predicted molar refractivity (Wildman–Crippen MR) is 109 cm³/mol. The first-order valence-electron chi connectivity index (χ1n) is 10.1. The number of aryl methyl sites for hydroxylation is 1. The van der Waals surface area contributed by atoms with E-state index in [2.05, 4.69) is 11.1 Å². The maximum absolute atomic E-state index is 12.7. The number of para-hydroxylation sites is 1. The first-order chi connectivity index (χ1) is 14.2. The molecule has 5 rings (SSSR count). The largest absolute Gasteiger partial charge is 0.454 e. The minimum Gasteiger partial charge on any atom is -0.454 e. The molecule has 3 heterocycles. The van der Waals surface area contributed by atoms with Crippen LogP contribution in [0, 0.1) is 0 Å². The van der Waals surface area contributed by atoms with Crippen LogP contribution in [0.25, 0.3) is 10.9 Å². The second kappa shape index (κ2) is 7.44. The topological polar surface area (TPSA) is 74.8 Å². The fourth-order valence-corrected chi connectivity index (χ4v) is 4.43. The zero-order chi connectivity index (χ0) is 19.8. The van der Waals surface area contributed by atoms with Gasteiger partial charge in [-0.05, 0) is 42.2 Å². The summed E-state index contributed by atoms with van der Waals surface area (Å²) in [6, 6.07) is 14.0. The quantitative estimate of drug-likeness (QED) is 0.715. The van der Waals surface area contributed by atoms with Gasteiger partial charge in [-0.1, -0.05) is 24.3 Å². The van der Waals surface area contributed by atoms with Crippen LogP contribution >= 0.6 is 0 Å². The van der Waals surface area contributed by atoms with Crippen LogP contribution in [-0.4, -0.2) is 46.9 Å². The fourth-order valence-electron chi connectivity index (χ4n) is 4.43. The third kappa shape index (κ3) is 3.44. The molecular weight excluding hydrogens is 368 g/mol. The summed E-state index contributed by atoms with van der Waals surface area (Å²) in [5, 5.41) is 11.9. The fraction of sp³-hybridized carbons (Fsp3) is 0.348. The van der Waals surface area contributed by atoms with Gasteiger partial charge >= 0.3 is 0 Å². The van der Waals surface area contributed by atoms with Crippen LogP contribution in [0.2, 0.25) is 0 Å². The van der Waals surface area contributed by atoms with E-state index in [0.29, 0.717) is 25.9 Å². The van der Waals surface area contributed by atoms with Gasteiger partial charge < -0.3 is 24.5 Å². The Hall–Kier alpha value is -2.99. The number of amides is 1. The number of aliphatic hydroxyl groups excluding tert-OH is 1. The lowest BCUT2D eigenvalue weighted by atomic mass is 9.86. The Morgan fingerprint density at radius 1 is 1.17 bits per heavy atom. The van der Waals surface area contributed by atoms with E-state index in [4.69, 9.17) is 9.47 Å². The molecule has 3 aromatic rings. The molecule has 0 aliphatic carbocycles. The molecule has 29 heavy (non-hydrogen) atoms. The van der Waals surface area contributed by atoms with E-state index in [0.717, 1.165) is 34.6 Å². The highest BCUT2D eigenvalue weighted by atomic mass is 16.7. The number of fused-ring (bicyclic) bond motifs is 2. The highest BCUT2D eigenvalue weighted by Crippen LogP contribution is 2.37. The van der Waals surface area contributed by atoms with Crippen molar-refractivity contribution in [3.63, 3.8) is 0 Å². The Morgan fingerprint density at radius 3 is 2.93 bits per heavy atom. The van der Waals surface area contributed by atoms with Crippen molar-refractivity contribution in [2.75, 3.05) is 19.9 Å². The molecule has 6 nitrogen and oxygen atoms in total. The Bertz CT molecular complexity index is 1040. The van der Waals surface area contributed by atoms with Gasteiger partial charge in [0.25, 0.3) is 0 Å². The first kappa shape index (κ1) is 18.1. The van der Waals surface area contributed by atoms with Crippen molar-refractivity contribution in [2.45, 2.75) is 31.3 Å². The van der Waals surface area contributed by atoms with Gasteiger partial charge in [0.2, 0.25) is 12.7 Å². The number of hydrogen-bond acceptors (Lipinski definition) is 4. The summed E-state index contributed by atoms with van der Waals surface area (Å²) in [5.74, 6) is 1.57. The van der Waals surface area contributed by atoms with Gasteiger partial charge in [-0.25, -0.2) is 0 Å². The number of carbonyl (C=O) groups excluding carboxylic acids is 1. The third-order valence-electron chi connectivity index (χ3n) is 6.04. The Kier molecular flexibility index (Phi) is 4.64. The number of ether oxygens (including phenoxy) is 2. The number of aromatic amines is 1. The molecule has 2 atom stereocenters. The maximum atomic E-state index is 12.7. The van der Waals surface area contributed by atoms with Gasteiger partial charge in [-0.3, -0.25) is 4.79 Å². The minimum atomic E-state index is -0.582. The number of nitrogens with one attached hydrogen (secondary N) is 1. The number of benzene rings is 2. The molecule has 2 aliphatic rings. The molecule has 1 aromatic heterocycles. The van der Waals surface area contributed by atoms with Crippen LogP contribution in [0.15, 0.2) is 48.7 Å². The molecule has 0 bridgehead atoms. The average molecular weight is 392 g/mol. The van der Waals surface area contributed by atoms with Gasteiger partial charge in [0.1, 0.15) is 0 Å². The van der Waals surface area contributed by atoms with E-state index in [-0.39, 0.29) is 18.6 Å². The second-order valence-corrected chi connectivity index (χ2v) is 7.77. The molecule has 0 unspecified atom stereocenters. The molecule has 1 amide bonds. The van der Waals surface area contributed by atoms with Crippen molar-refractivity contribution in [2.24, 2.45) is 0 Å². The van der Waals surface area contributed by atoms with E-state index in [1.54, 1.807) is 4.90 Å². The zero-order valence-electron chi connectivity index (χ0n) is 16.1. The third-order valence-corrected chi connectivity index (χ3v) is 6.04. The van der Waals surface area contributed by atoms with E-state index in [9.17, 15) is 9.90 Å². The van der Waals surface area contributed by atoms with Gasteiger partial charge in [-0.15, -0.1) is 0 Å². The molecule has 2 N–H and O–H groups in total. The summed E-state index contributed by atoms with van der Waals surface area (Å²) in [7, 11) is 0. The highest BCUT2D eigenvalue weighted by Gasteiger charge is 2.32. The summed E-state index contributed by atoms with van der Waals surface area (Å²) >= 11 is 0. The highest BCUT2D eigenvalue weighted by molar-refractivity contribution is 5.84. The lowest BCUT2D eigenvalue weighted by molar-refractivity contribution is -0.134. The molecule has 0 saturated carbocycles. The van der Waals surface area contributed by atoms with Crippen molar-refractivity contribution in [3.8, 4) is 11.5 Å². The van der Waals surface area contributed by atoms with Crippen LogP contribution in [0.5, 0.6) is 11.5 Å². The number of likely N-dealkylation sites (tertiary alicyclic amines) is 1. The van der Waals surface area contributed by atoms with Crippen LogP contribution in [-0.2, 0) is 11.2 Å². The SMILES string of the molecule is O=C(CCc1c[nH]c2ccccc12)N1CC[C@@H](c2ccc3c(c2)OCO3)[C@H](O)C1. The monoisotopic (exact) mass is 392 g/mol. The van der Waals surface area contributed by atoms with Crippen molar-refractivity contribution in [1.82, 2.24) is 9.88 Å². The Balaban J connectivity index is 1.21. The summed E-state index contributed by atoms with van der Waals surface area (Å²) in [4.78, 5) is 17.8. The lowest BCUT2D eigenvalue weighted by Gasteiger charge is -2.36. The number of H-pyrrole nitrogens is 1. The molecule has 6 heteroatoms. The van der Waals surface area contributed by atoms with Crippen molar-refractivity contribution < 1.29 is 19.4 Å². The van der Waals surface area contributed by atoms with Gasteiger partial charge in [0, 0.05) is 42.5 Å². The molecule has 1 saturated heterocycles. The van der Waals surface area contributed by atoms with Gasteiger partial charge in [0.15, 0.2) is 11.5 Å². The minimum absolute atomic E-state index is 0.00201. The van der Waals surface area contributed by atoms with E-state index >= 15 is 0 Å². The van der Waals surface area contributed by atoms with E-state index < -0.39 is 6.10 Å². The standard InChI is InChI=1S/C23H24N2O4/c26-20-13-25(10-9-18(20)15-5-7-21-22(11-15)29-14-28-21)23(27)8-6-16-12-24-19-4-2-1-3-17(16)19/h1-5,7,11-12,18,20,24,26H,6,8-10,13-14H2/t18-,20+/m0/s1. The molecule has 0 radical (unpaired) electrons. The smallest absolute Gasteiger partial charge is 0.231 e. The van der Waals surface area contributed by atoms with Gasteiger partial charge in [0.05, 0.1) is 6.10 Å². The van der Waals surface area contributed by atoms with Gasteiger partial charge in [-0.2, -0.15) is 0 Å². The molecule has 2 aliphatic heterocycles. The number of carbonyl (C=O) groups is 1. The Morgan fingerprint density at radius 2 is 2.03 bits per heavy atom. The summed E-state index contributed by atoms with van der Waals surface area (Å²) in [6.07, 6.45) is 3.28. The molecule has 150 valence electrons. The number of rotatable bonds is 4. The number of aromatic nitrogens is 1. The number of hydrogen-bond donors (Lipinski definition) is 2. The van der Waals surface area contributed by atoms with Crippen molar-refractivity contribution in [3.05, 3.63) is 59.8 Å². The number of aliphatic hydroxyl groups is 1. The second-order valence-electron chi connectivity index (χ2n) is 7.77. The Labute approximate surface area is 169 Å². The van der Waals surface area contributed by atoms with E-state index in [1.165, 1.54) is 5.39 Å². The number of nitrogens with zero attached hydrogens (tertiary/aromatic N) is 1. The number of β-amino-alcohol motifs (C(OH)–C–C–N with tert-alkyl or cyclic N) is 1. The first-order valence-corrected chi connectivity index (χ1v) is 10.1. The summed E-state index contributed by atoms with van der Waals surface area (Å²) in [5.41, 5.74) is 3.28. The van der Waals surface area contributed by atoms with Crippen LogP contribution < -0.4 is 9.47 Å². The van der Waals surface area contributed by atoms with Crippen LogP contribution in [0.1, 0.15) is 29.9 Å². The summed E-state index contributed by atoms with van der Waals surface area (Å²) < 4.78 is 10.8. The summed E-state index contributed by atoms with van der Waals surface area (Å²) in [6.45, 7) is 1.26. The van der Waals surface area contributed by atoms with Crippen LogP contribution in [0.4, 0.5) is 0 Å². The lowest BCUT2D eigenvalue weighted by Crippen LogP contribution is -2.45. The van der Waals surface area contributed by atoms with Crippen molar-refractivity contribution >= 4 is 16.8 Å². The molecular formula is C23H24N2O4. The van der Waals surface area contributed by atoms with Crippen LogP contribution in [0.3, 0.4) is 0 Å².